The van der Waals surface area contributed by atoms with Gasteiger partial charge < -0.3 is 5.32 Å². The summed E-state index contributed by atoms with van der Waals surface area (Å²) < 4.78 is 36.8. The van der Waals surface area contributed by atoms with E-state index in [0.717, 1.165) is 12.1 Å². The van der Waals surface area contributed by atoms with Crippen molar-refractivity contribution in [1.29, 1.82) is 0 Å². The number of amides is 1. The quantitative estimate of drug-likeness (QED) is 0.862. The average Bonchev–Trinajstić information content (AvgIpc) is 2.34. The zero-order valence-electron chi connectivity index (χ0n) is 9.59. The number of hydrogen-bond acceptors (Lipinski definition) is 2. The predicted octanol–water partition coefficient (Wildman–Crippen LogP) is 2.71. The summed E-state index contributed by atoms with van der Waals surface area (Å²) >= 11 is 5.56. The van der Waals surface area contributed by atoms with Gasteiger partial charge in [0.15, 0.2) is 0 Å². The van der Waals surface area contributed by atoms with Crippen LogP contribution in [-0.2, 0) is 6.18 Å². The SMILES string of the molecule is CC(CCl)CNC(=O)c1ccc(C(F)(F)F)cn1. The highest BCUT2D eigenvalue weighted by Crippen LogP contribution is 2.28. The average molecular weight is 281 g/mol. The molecule has 0 aliphatic carbocycles. The van der Waals surface area contributed by atoms with Crippen molar-refractivity contribution in [2.45, 2.75) is 13.1 Å². The number of rotatable bonds is 4. The van der Waals surface area contributed by atoms with Gasteiger partial charge in [-0.15, -0.1) is 11.6 Å². The van der Waals surface area contributed by atoms with Gasteiger partial charge in [0.05, 0.1) is 5.56 Å². The Bertz CT molecular complexity index is 406. The van der Waals surface area contributed by atoms with Crippen molar-refractivity contribution in [2.75, 3.05) is 12.4 Å². The summed E-state index contributed by atoms with van der Waals surface area (Å²) in [6, 6.07) is 1.87. The first-order valence-electron chi connectivity index (χ1n) is 5.22. The second-order valence-electron chi connectivity index (χ2n) is 3.90. The van der Waals surface area contributed by atoms with E-state index in [1.807, 2.05) is 6.92 Å². The van der Waals surface area contributed by atoms with E-state index in [2.05, 4.69) is 10.3 Å². The molecule has 3 nitrogen and oxygen atoms in total. The lowest BCUT2D eigenvalue weighted by Crippen LogP contribution is -2.29. The number of nitrogens with one attached hydrogen (secondary N) is 1. The normalized spacial score (nSPS) is 13.2. The summed E-state index contributed by atoms with van der Waals surface area (Å²) in [6.07, 6.45) is -3.81. The second kappa shape index (κ2) is 6.04. The summed E-state index contributed by atoms with van der Waals surface area (Å²) in [5.74, 6) is -0.0356. The number of aromatic nitrogens is 1. The summed E-state index contributed by atoms with van der Waals surface area (Å²) in [5.41, 5.74) is -0.932. The van der Waals surface area contributed by atoms with Crippen LogP contribution in [0.2, 0.25) is 0 Å². The maximum absolute atomic E-state index is 12.3. The van der Waals surface area contributed by atoms with Gasteiger partial charge in [0.1, 0.15) is 5.69 Å². The number of carbonyl (C=O) groups excluding carboxylic acids is 1. The van der Waals surface area contributed by atoms with Gasteiger partial charge in [0.2, 0.25) is 0 Å². The fourth-order valence-corrected chi connectivity index (χ4v) is 1.22. The Labute approximate surface area is 107 Å². The van der Waals surface area contributed by atoms with E-state index in [1.54, 1.807) is 0 Å². The van der Waals surface area contributed by atoms with Crippen molar-refractivity contribution in [3.63, 3.8) is 0 Å². The maximum atomic E-state index is 12.3. The second-order valence-corrected chi connectivity index (χ2v) is 4.21. The van der Waals surface area contributed by atoms with E-state index >= 15 is 0 Å². The lowest BCUT2D eigenvalue weighted by atomic mass is 10.2. The van der Waals surface area contributed by atoms with E-state index in [4.69, 9.17) is 11.6 Å². The number of halogens is 4. The molecule has 1 amide bonds. The van der Waals surface area contributed by atoms with Gasteiger partial charge in [-0.2, -0.15) is 13.2 Å². The number of pyridine rings is 1. The van der Waals surface area contributed by atoms with Crippen LogP contribution in [0.1, 0.15) is 23.0 Å². The molecule has 0 saturated heterocycles. The van der Waals surface area contributed by atoms with Gasteiger partial charge in [0.25, 0.3) is 5.91 Å². The van der Waals surface area contributed by atoms with Crippen LogP contribution in [0, 0.1) is 5.92 Å². The molecule has 0 aromatic carbocycles. The van der Waals surface area contributed by atoms with E-state index in [1.165, 1.54) is 0 Å². The fourth-order valence-electron chi connectivity index (χ4n) is 1.11. The van der Waals surface area contributed by atoms with Gasteiger partial charge in [-0.1, -0.05) is 6.92 Å². The minimum absolute atomic E-state index is 0.0511. The molecule has 100 valence electrons. The van der Waals surface area contributed by atoms with E-state index < -0.39 is 17.6 Å². The van der Waals surface area contributed by atoms with Crippen molar-refractivity contribution < 1.29 is 18.0 Å². The highest BCUT2D eigenvalue weighted by atomic mass is 35.5. The number of nitrogens with zero attached hydrogens (tertiary/aromatic N) is 1. The molecule has 0 radical (unpaired) electrons. The molecule has 1 rings (SSSR count). The fraction of sp³-hybridized carbons (Fsp3) is 0.455. The first-order valence-corrected chi connectivity index (χ1v) is 5.75. The molecule has 1 unspecified atom stereocenters. The monoisotopic (exact) mass is 280 g/mol. The standard InChI is InChI=1S/C11H12ClF3N2O/c1-7(4-12)5-17-10(18)9-3-2-8(6-16-9)11(13,14)15/h2-3,6-7H,4-5H2,1H3,(H,17,18). The molecule has 0 fully saturated rings. The molecule has 1 aromatic rings. The molecule has 7 heteroatoms. The van der Waals surface area contributed by atoms with Gasteiger partial charge >= 0.3 is 6.18 Å². The van der Waals surface area contributed by atoms with Gasteiger partial charge in [-0.3, -0.25) is 9.78 Å². The highest BCUT2D eigenvalue weighted by Gasteiger charge is 2.30. The third-order valence-corrected chi connectivity index (χ3v) is 2.72. The smallest absolute Gasteiger partial charge is 0.350 e. The van der Waals surface area contributed by atoms with Gasteiger partial charge in [-0.25, -0.2) is 0 Å². The third-order valence-electron chi connectivity index (χ3n) is 2.20. The van der Waals surface area contributed by atoms with Crippen LogP contribution in [0.15, 0.2) is 18.3 Å². The Hall–Kier alpha value is -1.30. The minimum atomic E-state index is -4.45. The van der Waals surface area contributed by atoms with Crippen molar-refractivity contribution in [2.24, 2.45) is 5.92 Å². The van der Waals surface area contributed by atoms with Gasteiger partial charge in [0, 0.05) is 18.6 Å². The molecular formula is C11H12ClF3N2O. The van der Waals surface area contributed by atoms with Crippen LogP contribution >= 0.6 is 11.6 Å². The van der Waals surface area contributed by atoms with Crippen LogP contribution in [0.25, 0.3) is 0 Å². The van der Waals surface area contributed by atoms with Crippen molar-refractivity contribution in [3.8, 4) is 0 Å². The van der Waals surface area contributed by atoms with Crippen LogP contribution in [-0.4, -0.2) is 23.3 Å². The minimum Gasteiger partial charge on any atom is -0.350 e. The lowest BCUT2D eigenvalue weighted by molar-refractivity contribution is -0.137. The predicted molar refractivity (Wildman–Crippen MR) is 61.5 cm³/mol. The molecule has 0 aliphatic rings. The topological polar surface area (TPSA) is 42.0 Å². The van der Waals surface area contributed by atoms with Crippen LogP contribution < -0.4 is 5.32 Å². The Kier molecular flexibility index (Phi) is 4.95. The molecule has 1 aromatic heterocycles. The van der Waals surface area contributed by atoms with Crippen LogP contribution in [0.4, 0.5) is 13.2 Å². The number of hydrogen-bond donors (Lipinski definition) is 1. The molecule has 0 saturated carbocycles. The maximum Gasteiger partial charge on any atom is 0.417 e. The molecule has 0 spiro atoms. The van der Waals surface area contributed by atoms with E-state index in [9.17, 15) is 18.0 Å². The molecule has 1 N–H and O–H groups in total. The molecule has 0 bridgehead atoms. The summed E-state index contributed by atoms with van der Waals surface area (Å²) in [6.45, 7) is 2.19. The Morgan fingerprint density at radius 2 is 2.17 bits per heavy atom. The lowest BCUT2D eigenvalue weighted by Gasteiger charge is -2.10. The zero-order valence-corrected chi connectivity index (χ0v) is 10.3. The summed E-state index contributed by atoms with van der Waals surface area (Å²) in [4.78, 5) is 15.0. The number of alkyl halides is 4. The van der Waals surface area contributed by atoms with Crippen molar-refractivity contribution >= 4 is 17.5 Å². The summed E-state index contributed by atoms with van der Waals surface area (Å²) in [5, 5.41) is 2.54. The molecule has 1 heterocycles. The van der Waals surface area contributed by atoms with Crippen LogP contribution in [0.3, 0.4) is 0 Å². The van der Waals surface area contributed by atoms with Crippen LogP contribution in [0.5, 0.6) is 0 Å². The molecule has 1 atom stereocenters. The molecule has 18 heavy (non-hydrogen) atoms. The van der Waals surface area contributed by atoms with E-state index in [0.29, 0.717) is 18.6 Å². The third kappa shape index (κ3) is 4.18. The Morgan fingerprint density at radius 3 is 2.61 bits per heavy atom. The Balaban J connectivity index is 2.65. The molecular weight excluding hydrogens is 269 g/mol. The first-order chi connectivity index (χ1) is 8.34. The van der Waals surface area contributed by atoms with E-state index in [-0.39, 0.29) is 11.6 Å². The highest BCUT2D eigenvalue weighted by molar-refractivity contribution is 6.18. The first kappa shape index (κ1) is 14.8. The molecule has 0 aliphatic heterocycles. The van der Waals surface area contributed by atoms with Crippen molar-refractivity contribution in [1.82, 2.24) is 10.3 Å². The summed E-state index contributed by atoms with van der Waals surface area (Å²) in [7, 11) is 0. The Morgan fingerprint density at radius 1 is 1.50 bits per heavy atom. The zero-order chi connectivity index (χ0) is 13.8. The largest absolute Gasteiger partial charge is 0.417 e. The van der Waals surface area contributed by atoms with Gasteiger partial charge in [-0.05, 0) is 18.1 Å². The number of carbonyl (C=O) groups is 1. The van der Waals surface area contributed by atoms with Crippen molar-refractivity contribution in [3.05, 3.63) is 29.6 Å².